The molecule has 0 aromatic heterocycles. The maximum Gasteiger partial charge on any atom is 0.269 e. The molecule has 1 aliphatic rings. The van der Waals surface area contributed by atoms with Gasteiger partial charge in [-0.2, -0.15) is 0 Å². The van der Waals surface area contributed by atoms with E-state index in [0.29, 0.717) is 22.9 Å². The fourth-order valence-electron chi connectivity index (χ4n) is 2.72. The van der Waals surface area contributed by atoms with Crippen LogP contribution in [0.4, 0.5) is 0 Å². The largest absolute Gasteiger partial charge is 0.491 e. The van der Waals surface area contributed by atoms with Crippen molar-refractivity contribution >= 4 is 23.4 Å². The maximum absolute atomic E-state index is 12.2. The summed E-state index contributed by atoms with van der Waals surface area (Å²) >= 11 is 5.82. The second-order valence-electron chi connectivity index (χ2n) is 6.28. The van der Waals surface area contributed by atoms with Crippen LogP contribution in [0.3, 0.4) is 0 Å². The molecule has 2 aromatic rings. The minimum atomic E-state index is -0.415. The average molecular weight is 389 g/mol. The van der Waals surface area contributed by atoms with Gasteiger partial charge in [-0.25, -0.2) is 0 Å². The summed E-state index contributed by atoms with van der Waals surface area (Å²) < 4.78 is 11.2. The van der Waals surface area contributed by atoms with Crippen LogP contribution in [0.15, 0.2) is 48.5 Å². The topological polar surface area (TPSA) is 76.7 Å². The number of halogens is 1. The van der Waals surface area contributed by atoms with Crippen molar-refractivity contribution in [2.24, 2.45) is 0 Å². The second-order valence-corrected chi connectivity index (χ2v) is 6.72. The number of carbonyl (C=O) groups excluding carboxylic acids is 2. The number of carbonyl (C=O) groups is 2. The Balaban J connectivity index is 1.47. The molecular formula is C20H21ClN2O4. The number of benzene rings is 2. The number of nitrogens with one attached hydrogen (secondary N) is 2. The minimum absolute atomic E-state index is 0.106. The molecule has 0 bridgehead atoms. The lowest BCUT2D eigenvalue weighted by molar-refractivity contribution is -0.121. The summed E-state index contributed by atoms with van der Waals surface area (Å²) in [7, 11) is 0. The van der Waals surface area contributed by atoms with Crippen LogP contribution in [0.25, 0.3) is 0 Å². The number of amides is 2. The lowest BCUT2D eigenvalue weighted by atomic mass is 10.1. The van der Waals surface area contributed by atoms with E-state index in [1.165, 1.54) is 0 Å². The van der Waals surface area contributed by atoms with Gasteiger partial charge in [-0.1, -0.05) is 29.8 Å². The predicted octanol–water partition coefficient (Wildman–Crippen LogP) is 2.90. The molecule has 3 rings (SSSR count). The summed E-state index contributed by atoms with van der Waals surface area (Å²) in [6.45, 7) is 1.23. The van der Waals surface area contributed by atoms with Crippen molar-refractivity contribution in [2.75, 3.05) is 13.2 Å². The highest BCUT2D eigenvalue weighted by molar-refractivity contribution is 6.30. The Hall–Kier alpha value is -2.57. The van der Waals surface area contributed by atoms with Gasteiger partial charge in [0.15, 0.2) is 0 Å². The van der Waals surface area contributed by atoms with E-state index in [1.807, 2.05) is 0 Å². The smallest absolute Gasteiger partial charge is 0.269 e. The molecule has 1 saturated heterocycles. The normalized spacial score (nSPS) is 16.0. The van der Waals surface area contributed by atoms with Crippen molar-refractivity contribution in [1.29, 1.82) is 0 Å². The fraction of sp³-hybridized carbons (Fsp3) is 0.300. The number of rotatable bonds is 6. The van der Waals surface area contributed by atoms with Crippen LogP contribution < -0.4 is 15.6 Å². The quantitative estimate of drug-likeness (QED) is 0.746. The summed E-state index contributed by atoms with van der Waals surface area (Å²) in [6, 6.07) is 13.8. The van der Waals surface area contributed by atoms with E-state index in [4.69, 9.17) is 21.1 Å². The van der Waals surface area contributed by atoms with Gasteiger partial charge in [0.05, 0.1) is 12.5 Å². The van der Waals surface area contributed by atoms with Crippen molar-refractivity contribution in [3.63, 3.8) is 0 Å². The molecule has 7 heteroatoms. The number of ether oxygens (including phenoxy) is 2. The molecule has 1 fully saturated rings. The van der Waals surface area contributed by atoms with Gasteiger partial charge in [-0.05, 0) is 48.7 Å². The molecule has 1 atom stereocenters. The molecule has 1 unspecified atom stereocenters. The Bertz CT molecular complexity index is 789. The lowest BCUT2D eigenvalue weighted by Gasteiger charge is -2.12. The Morgan fingerprint density at radius 2 is 1.96 bits per heavy atom. The van der Waals surface area contributed by atoms with Gasteiger partial charge in [0.2, 0.25) is 5.91 Å². The molecule has 142 valence electrons. The zero-order valence-electron chi connectivity index (χ0n) is 14.7. The third kappa shape index (κ3) is 5.98. The lowest BCUT2D eigenvalue weighted by Crippen LogP contribution is -2.42. The van der Waals surface area contributed by atoms with E-state index in [2.05, 4.69) is 10.9 Å². The van der Waals surface area contributed by atoms with Gasteiger partial charge in [-0.3, -0.25) is 20.4 Å². The fourth-order valence-corrected chi connectivity index (χ4v) is 2.85. The Labute approximate surface area is 162 Å². The van der Waals surface area contributed by atoms with Crippen LogP contribution in [0, 0.1) is 0 Å². The highest BCUT2D eigenvalue weighted by atomic mass is 35.5. The molecular weight excluding hydrogens is 368 g/mol. The Kier molecular flexibility index (Phi) is 6.68. The van der Waals surface area contributed by atoms with E-state index < -0.39 is 5.91 Å². The van der Waals surface area contributed by atoms with Gasteiger partial charge in [0, 0.05) is 17.2 Å². The van der Waals surface area contributed by atoms with Gasteiger partial charge in [0.1, 0.15) is 12.4 Å². The number of hydrazine groups is 1. The molecule has 1 aliphatic heterocycles. The van der Waals surface area contributed by atoms with Crippen LogP contribution in [0.1, 0.15) is 28.8 Å². The van der Waals surface area contributed by atoms with Crippen LogP contribution in [-0.4, -0.2) is 31.1 Å². The SMILES string of the molecule is O=C(Cc1ccc(Cl)cc1)NNC(=O)c1cccc(OCC2CCCO2)c1. The van der Waals surface area contributed by atoms with E-state index in [9.17, 15) is 9.59 Å². The van der Waals surface area contributed by atoms with Gasteiger partial charge in [-0.15, -0.1) is 0 Å². The van der Waals surface area contributed by atoms with Crippen LogP contribution in [0.5, 0.6) is 5.75 Å². The standard InChI is InChI=1S/C20H21ClN2O4/c21-16-8-6-14(7-9-16)11-19(24)22-23-20(25)15-3-1-4-17(12-15)27-13-18-5-2-10-26-18/h1,3-4,6-9,12,18H,2,5,10-11,13H2,(H,22,24)(H,23,25). The Morgan fingerprint density at radius 1 is 1.15 bits per heavy atom. The first-order chi connectivity index (χ1) is 13.1. The number of hydrogen-bond donors (Lipinski definition) is 2. The molecule has 0 radical (unpaired) electrons. The molecule has 2 amide bonds. The van der Waals surface area contributed by atoms with Crippen LogP contribution in [-0.2, 0) is 16.0 Å². The van der Waals surface area contributed by atoms with Crippen molar-refractivity contribution < 1.29 is 19.1 Å². The van der Waals surface area contributed by atoms with Crippen LogP contribution >= 0.6 is 11.6 Å². The summed E-state index contributed by atoms with van der Waals surface area (Å²) in [5.41, 5.74) is 6.01. The van der Waals surface area contributed by atoms with Gasteiger partial charge in [0.25, 0.3) is 5.91 Å². The summed E-state index contributed by atoms with van der Waals surface area (Å²) in [6.07, 6.45) is 2.28. The molecule has 1 heterocycles. The van der Waals surface area contributed by atoms with E-state index in [0.717, 1.165) is 25.0 Å². The molecule has 0 saturated carbocycles. The zero-order chi connectivity index (χ0) is 19.1. The zero-order valence-corrected chi connectivity index (χ0v) is 15.5. The first-order valence-corrected chi connectivity index (χ1v) is 9.16. The van der Waals surface area contributed by atoms with Crippen molar-refractivity contribution in [1.82, 2.24) is 10.9 Å². The van der Waals surface area contributed by atoms with E-state index in [1.54, 1.807) is 48.5 Å². The van der Waals surface area contributed by atoms with E-state index in [-0.39, 0.29) is 18.4 Å². The Morgan fingerprint density at radius 3 is 2.70 bits per heavy atom. The van der Waals surface area contributed by atoms with E-state index >= 15 is 0 Å². The van der Waals surface area contributed by atoms with Gasteiger partial charge < -0.3 is 9.47 Å². The van der Waals surface area contributed by atoms with Crippen molar-refractivity contribution in [2.45, 2.75) is 25.4 Å². The molecule has 2 aromatic carbocycles. The summed E-state index contributed by atoms with van der Waals surface area (Å²) in [5.74, 6) is -0.149. The predicted molar refractivity (Wildman–Crippen MR) is 102 cm³/mol. The first-order valence-electron chi connectivity index (χ1n) is 8.78. The average Bonchev–Trinajstić information content (AvgIpc) is 3.20. The summed E-state index contributed by atoms with van der Waals surface area (Å²) in [4.78, 5) is 24.2. The highest BCUT2D eigenvalue weighted by Gasteiger charge is 2.16. The molecule has 2 N–H and O–H groups in total. The molecule has 0 spiro atoms. The number of hydrogen-bond acceptors (Lipinski definition) is 4. The third-order valence-corrected chi connectivity index (χ3v) is 4.40. The molecule has 27 heavy (non-hydrogen) atoms. The second kappa shape index (κ2) is 9.39. The maximum atomic E-state index is 12.2. The van der Waals surface area contributed by atoms with Gasteiger partial charge >= 0.3 is 0 Å². The third-order valence-electron chi connectivity index (χ3n) is 4.15. The molecule has 0 aliphatic carbocycles. The van der Waals surface area contributed by atoms with Crippen LogP contribution in [0.2, 0.25) is 5.02 Å². The monoisotopic (exact) mass is 388 g/mol. The summed E-state index contributed by atoms with van der Waals surface area (Å²) in [5, 5.41) is 0.606. The highest BCUT2D eigenvalue weighted by Crippen LogP contribution is 2.17. The first kappa shape index (κ1) is 19.2. The molecule has 6 nitrogen and oxygen atoms in total. The van der Waals surface area contributed by atoms with Crippen molar-refractivity contribution in [3.8, 4) is 5.75 Å². The van der Waals surface area contributed by atoms with Crippen molar-refractivity contribution in [3.05, 3.63) is 64.7 Å². The minimum Gasteiger partial charge on any atom is -0.491 e.